The van der Waals surface area contributed by atoms with Crippen molar-refractivity contribution in [3.05, 3.63) is 29.8 Å². The summed E-state index contributed by atoms with van der Waals surface area (Å²) in [7, 11) is -3.55. The van der Waals surface area contributed by atoms with Crippen LogP contribution in [0.3, 0.4) is 0 Å². The van der Waals surface area contributed by atoms with Gasteiger partial charge in [0.2, 0.25) is 10.0 Å². The zero-order chi connectivity index (χ0) is 15.9. The van der Waals surface area contributed by atoms with Crippen molar-refractivity contribution < 1.29 is 18.3 Å². The number of hydrogen-bond acceptors (Lipinski definition) is 3. The van der Waals surface area contributed by atoms with Crippen molar-refractivity contribution in [2.24, 2.45) is 5.92 Å². The van der Waals surface area contributed by atoms with Crippen LogP contribution in [0.15, 0.2) is 24.3 Å². The quantitative estimate of drug-likeness (QED) is 0.732. The molecule has 0 aliphatic carbocycles. The third kappa shape index (κ3) is 5.75. The van der Waals surface area contributed by atoms with Crippen LogP contribution in [-0.2, 0) is 10.0 Å². The highest BCUT2D eigenvalue weighted by Gasteiger charge is 2.20. The lowest BCUT2D eigenvalue weighted by molar-refractivity contribution is 0.0698. The number of nitrogens with one attached hydrogen (secondary N) is 1. The monoisotopic (exact) mass is 313 g/mol. The number of carboxylic acid groups (broad SMARTS) is 1. The van der Waals surface area contributed by atoms with Crippen LogP contribution in [0.2, 0.25) is 0 Å². The van der Waals surface area contributed by atoms with Crippen LogP contribution in [0.5, 0.6) is 0 Å². The Kier molecular flexibility index (Phi) is 6.68. The summed E-state index contributed by atoms with van der Waals surface area (Å²) in [5.74, 6) is -1.02. The molecule has 0 fully saturated rings. The first kappa shape index (κ1) is 17.5. The Balaban J connectivity index is 2.83. The van der Waals surface area contributed by atoms with Gasteiger partial charge in [-0.05, 0) is 24.5 Å². The smallest absolute Gasteiger partial charge is 0.337 e. The number of anilines is 1. The van der Waals surface area contributed by atoms with Gasteiger partial charge in [0.25, 0.3) is 0 Å². The normalized spacial score (nSPS) is 12.9. The summed E-state index contributed by atoms with van der Waals surface area (Å²) in [6.45, 7) is 4.05. The van der Waals surface area contributed by atoms with Gasteiger partial charge in [0.15, 0.2) is 0 Å². The second kappa shape index (κ2) is 8.02. The summed E-state index contributed by atoms with van der Waals surface area (Å²) in [6.07, 6.45) is 3.70. The second-order valence-corrected chi connectivity index (χ2v) is 6.92. The Morgan fingerprint density at radius 1 is 1.29 bits per heavy atom. The van der Waals surface area contributed by atoms with E-state index in [9.17, 15) is 13.2 Å². The lowest BCUT2D eigenvalue weighted by Crippen LogP contribution is -2.23. The lowest BCUT2D eigenvalue weighted by atomic mass is 10.0. The minimum absolute atomic E-state index is 0.0253. The van der Waals surface area contributed by atoms with Gasteiger partial charge < -0.3 is 5.11 Å². The molecular weight excluding hydrogens is 290 g/mol. The van der Waals surface area contributed by atoms with Crippen molar-refractivity contribution >= 4 is 21.7 Å². The molecule has 1 aromatic rings. The van der Waals surface area contributed by atoms with Crippen molar-refractivity contribution in [2.45, 2.75) is 39.5 Å². The Bertz CT molecular complexity index is 569. The van der Waals surface area contributed by atoms with Crippen LogP contribution in [-0.4, -0.2) is 25.2 Å². The largest absolute Gasteiger partial charge is 0.478 e. The maximum absolute atomic E-state index is 12.2. The SMILES string of the molecule is CCCCC(CC)CS(=O)(=O)Nc1ccccc1C(=O)O. The summed E-state index contributed by atoms with van der Waals surface area (Å²) < 4.78 is 26.8. The van der Waals surface area contributed by atoms with Gasteiger partial charge in [0.05, 0.1) is 17.0 Å². The van der Waals surface area contributed by atoms with Crippen molar-refractivity contribution in [1.82, 2.24) is 0 Å². The molecule has 118 valence electrons. The Labute approximate surface area is 126 Å². The van der Waals surface area contributed by atoms with E-state index in [2.05, 4.69) is 11.6 Å². The molecule has 0 heterocycles. The van der Waals surface area contributed by atoms with Crippen molar-refractivity contribution in [1.29, 1.82) is 0 Å². The highest BCUT2D eigenvalue weighted by Crippen LogP contribution is 2.20. The predicted octanol–water partition coefficient (Wildman–Crippen LogP) is 3.34. The first-order valence-corrected chi connectivity index (χ1v) is 8.87. The molecule has 1 atom stereocenters. The van der Waals surface area contributed by atoms with Gasteiger partial charge >= 0.3 is 5.97 Å². The zero-order valence-corrected chi connectivity index (χ0v) is 13.3. The number of sulfonamides is 1. The Morgan fingerprint density at radius 3 is 2.52 bits per heavy atom. The number of para-hydroxylation sites is 1. The first-order chi connectivity index (χ1) is 9.89. The molecule has 2 N–H and O–H groups in total. The van der Waals surface area contributed by atoms with Crippen LogP contribution in [0.4, 0.5) is 5.69 Å². The molecule has 0 radical (unpaired) electrons. The molecule has 0 aromatic heterocycles. The molecule has 0 saturated heterocycles. The van der Waals surface area contributed by atoms with E-state index in [0.717, 1.165) is 25.7 Å². The number of hydrogen-bond donors (Lipinski definition) is 2. The van der Waals surface area contributed by atoms with Crippen LogP contribution >= 0.6 is 0 Å². The van der Waals surface area contributed by atoms with E-state index >= 15 is 0 Å². The highest BCUT2D eigenvalue weighted by atomic mass is 32.2. The average Bonchev–Trinajstić information content (AvgIpc) is 2.43. The maximum Gasteiger partial charge on any atom is 0.337 e. The van der Waals surface area contributed by atoms with Crippen LogP contribution in [0, 0.1) is 5.92 Å². The van der Waals surface area contributed by atoms with Gasteiger partial charge in [0, 0.05) is 0 Å². The van der Waals surface area contributed by atoms with Crippen molar-refractivity contribution in [2.75, 3.05) is 10.5 Å². The Morgan fingerprint density at radius 2 is 1.95 bits per heavy atom. The molecule has 1 aromatic carbocycles. The summed E-state index contributed by atoms with van der Waals surface area (Å²) in [5, 5.41) is 9.07. The van der Waals surface area contributed by atoms with E-state index in [4.69, 9.17) is 5.11 Å². The number of unbranched alkanes of at least 4 members (excludes halogenated alkanes) is 1. The molecule has 5 nitrogen and oxygen atoms in total. The summed E-state index contributed by atoms with van der Waals surface area (Å²) >= 11 is 0. The van der Waals surface area contributed by atoms with Gasteiger partial charge in [-0.3, -0.25) is 4.72 Å². The van der Waals surface area contributed by atoms with Crippen molar-refractivity contribution in [3.8, 4) is 0 Å². The molecule has 0 bridgehead atoms. The third-order valence-electron chi connectivity index (χ3n) is 3.42. The molecule has 0 saturated carbocycles. The minimum Gasteiger partial charge on any atom is -0.478 e. The van der Waals surface area contributed by atoms with E-state index in [1.807, 2.05) is 6.92 Å². The number of benzene rings is 1. The molecule has 21 heavy (non-hydrogen) atoms. The highest BCUT2D eigenvalue weighted by molar-refractivity contribution is 7.92. The van der Waals surface area contributed by atoms with E-state index in [-0.39, 0.29) is 22.9 Å². The first-order valence-electron chi connectivity index (χ1n) is 7.22. The molecule has 0 aliphatic heterocycles. The van der Waals surface area contributed by atoms with E-state index < -0.39 is 16.0 Å². The van der Waals surface area contributed by atoms with E-state index in [0.29, 0.717) is 0 Å². The molecule has 6 heteroatoms. The number of aromatic carboxylic acids is 1. The van der Waals surface area contributed by atoms with Crippen LogP contribution < -0.4 is 4.72 Å². The van der Waals surface area contributed by atoms with Crippen LogP contribution in [0.1, 0.15) is 49.9 Å². The molecule has 0 aliphatic rings. The standard InChI is InChI=1S/C15H23NO4S/c1-3-5-8-12(4-2)11-21(19,20)16-14-10-7-6-9-13(14)15(17)18/h6-7,9-10,12,16H,3-5,8,11H2,1-2H3,(H,17,18). The number of carbonyl (C=O) groups is 1. The predicted molar refractivity (Wildman–Crippen MR) is 84.1 cm³/mol. The van der Waals surface area contributed by atoms with Gasteiger partial charge in [-0.25, -0.2) is 13.2 Å². The molecule has 1 unspecified atom stereocenters. The molecular formula is C15H23NO4S. The second-order valence-electron chi connectivity index (χ2n) is 5.15. The fourth-order valence-electron chi connectivity index (χ4n) is 2.18. The lowest BCUT2D eigenvalue weighted by Gasteiger charge is -2.16. The van der Waals surface area contributed by atoms with Gasteiger partial charge in [-0.2, -0.15) is 0 Å². The maximum atomic E-state index is 12.2. The molecule has 0 spiro atoms. The fraction of sp³-hybridized carbons (Fsp3) is 0.533. The third-order valence-corrected chi connectivity index (χ3v) is 4.86. The molecule has 1 rings (SSSR count). The minimum atomic E-state index is -3.55. The Hall–Kier alpha value is -1.56. The van der Waals surface area contributed by atoms with Crippen LogP contribution in [0.25, 0.3) is 0 Å². The summed E-state index contributed by atoms with van der Waals surface area (Å²) in [6, 6.07) is 6.03. The average molecular weight is 313 g/mol. The number of carboxylic acids is 1. The number of rotatable bonds is 9. The summed E-state index contributed by atoms with van der Waals surface area (Å²) in [5.41, 5.74) is 0.0815. The van der Waals surface area contributed by atoms with E-state index in [1.165, 1.54) is 12.1 Å². The van der Waals surface area contributed by atoms with Gasteiger partial charge in [0.1, 0.15) is 0 Å². The van der Waals surface area contributed by atoms with E-state index in [1.54, 1.807) is 12.1 Å². The van der Waals surface area contributed by atoms with Crippen molar-refractivity contribution in [3.63, 3.8) is 0 Å². The zero-order valence-electron chi connectivity index (χ0n) is 12.5. The topological polar surface area (TPSA) is 83.5 Å². The van der Waals surface area contributed by atoms with Gasteiger partial charge in [-0.15, -0.1) is 0 Å². The fourth-order valence-corrected chi connectivity index (χ4v) is 3.80. The summed E-state index contributed by atoms with van der Waals surface area (Å²) in [4.78, 5) is 11.1. The van der Waals surface area contributed by atoms with Gasteiger partial charge in [-0.1, -0.05) is 45.2 Å². The molecule has 0 amide bonds.